The Balaban J connectivity index is 1.33. The van der Waals surface area contributed by atoms with Gasteiger partial charge in [-0.05, 0) is 27.7 Å². The van der Waals surface area contributed by atoms with Crippen LogP contribution in [0.25, 0.3) is 0 Å². The molecule has 0 N–H and O–H groups in total. The van der Waals surface area contributed by atoms with E-state index in [9.17, 15) is 0 Å². The molecule has 0 aromatic carbocycles. The van der Waals surface area contributed by atoms with E-state index < -0.39 is 30.3 Å². The summed E-state index contributed by atoms with van der Waals surface area (Å²) < 4.78 is 43.0. The lowest BCUT2D eigenvalue weighted by Gasteiger charge is -2.46. The van der Waals surface area contributed by atoms with Crippen molar-refractivity contribution in [2.75, 3.05) is 29.8 Å². The maximum atomic E-state index is 6.26. The molecule has 5 fully saturated rings. The van der Waals surface area contributed by atoms with Crippen molar-refractivity contribution in [3.8, 4) is 0 Å². The van der Waals surface area contributed by atoms with Gasteiger partial charge in [0.1, 0.15) is 24.4 Å². The van der Waals surface area contributed by atoms with Crippen LogP contribution in [0.5, 0.6) is 0 Å². The molecular weight excluding hydrogens is 392 g/mol. The summed E-state index contributed by atoms with van der Waals surface area (Å²) in [6.45, 7) is 8.94. The average Bonchev–Trinajstić information content (AvgIpc) is 3.10. The molecule has 0 amide bonds. The monoisotopic (exact) mass is 420 g/mol. The van der Waals surface area contributed by atoms with E-state index in [0.717, 1.165) is 16.6 Å². The Morgan fingerprint density at radius 1 is 0.667 bits per heavy atom. The Morgan fingerprint density at radius 3 is 1.89 bits per heavy atom. The maximum Gasteiger partial charge on any atom is 0.190 e. The van der Waals surface area contributed by atoms with Crippen molar-refractivity contribution < 1.29 is 33.2 Å². The van der Waals surface area contributed by atoms with Crippen LogP contribution in [-0.2, 0) is 33.2 Å². The molecule has 0 aromatic rings. The van der Waals surface area contributed by atoms with Gasteiger partial charge in [-0.1, -0.05) is 0 Å². The van der Waals surface area contributed by atoms with E-state index >= 15 is 0 Å². The van der Waals surface area contributed by atoms with Crippen molar-refractivity contribution in [2.45, 2.75) is 76.3 Å². The lowest BCUT2D eigenvalue weighted by atomic mass is 9.93. The van der Waals surface area contributed by atoms with Crippen LogP contribution < -0.4 is 0 Å². The van der Waals surface area contributed by atoms with Gasteiger partial charge in [0.05, 0.1) is 13.2 Å². The van der Waals surface area contributed by atoms with E-state index in [0.29, 0.717) is 13.2 Å². The molecule has 1 spiro atoms. The first-order valence-corrected chi connectivity index (χ1v) is 11.8. The van der Waals surface area contributed by atoms with Crippen molar-refractivity contribution >= 4 is 23.5 Å². The first kappa shape index (κ1) is 19.4. The molecular formula is C18H28O7S2. The summed E-state index contributed by atoms with van der Waals surface area (Å²) in [6, 6.07) is 0. The molecule has 0 aromatic heterocycles. The quantitative estimate of drug-likeness (QED) is 0.635. The Morgan fingerprint density at radius 2 is 1.22 bits per heavy atom. The van der Waals surface area contributed by atoms with Crippen LogP contribution in [0.1, 0.15) is 27.7 Å². The summed E-state index contributed by atoms with van der Waals surface area (Å²) in [4.78, 5) is 0. The zero-order valence-corrected chi connectivity index (χ0v) is 17.8. The van der Waals surface area contributed by atoms with Gasteiger partial charge in [0.2, 0.25) is 0 Å². The summed E-state index contributed by atoms with van der Waals surface area (Å²) in [6.07, 6.45) is -2.37. The molecule has 5 aliphatic rings. The predicted molar refractivity (Wildman–Crippen MR) is 100 cm³/mol. The van der Waals surface area contributed by atoms with Crippen molar-refractivity contribution in [3.05, 3.63) is 0 Å². The number of rotatable bonds is 1. The summed E-state index contributed by atoms with van der Waals surface area (Å²) >= 11 is 3.91. The summed E-state index contributed by atoms with van der Waals surface area (Å²) in [5, 5.41) is 1.15. The molecule has 5 atom stereocenters. The minimum absolute atomic E-state index is 0.0992. The van der Waals surface area contributed by atoms with Crippen molar-refractivity contribution in [3.63, 3.8) is 0 Å². The molecule has 5 saturated heterocycles. The lowest BCUT2D eigenvalue weighted by molar-refractivity contribution is -0.322. The predicted octanol–water partition coefficient (Wildman–Crippen LogP) is 2.18. The molecule has 0 unspecified atom stereocenters. The highest BCUT2D eigenvalue weighted by molar-refractivity contribution is 8.16. The molecule has 5 heterocycles. The third-order valence-corrected chi connectivity index (χ3v) is 8.52. The Labute approximate surface area is 168 Å². The van der Waals surface area contributed by atoms with E-state index in [4.69, 9.17) is 33.2 Å². The minimum Gasteiger partial charge on any atom is -0.349 e. The molecule has 7 nitrogen and oxygen atoms in total. The zero-order valence-electron chi connectivity index (χ0n) is 16.2. The van der Waals surface area contributed by atoms with Crippen LogP contribution in [0.4, 0.5) is 0 Å². The van der Waals surface area contributed by atoms with Gasteiger partial charge in [0.25, 0.3) is 0 Å². The number of hydrogen-bond acceptors (Lipinski definition) is 9. The fourth-order valence-electron chi connectivity index (χ4n) is 4.44. The first-order chi connectivity index (χ1) is 12.8. The van der Waals surface area contributed by atoms with Crippen molar-refractivity contribution in [2.24, 2.45) is 5.41 Å². The van der Waals surface area contributed by atoms with E-state index in [-0.39, 0.29) is 23.7 Å². The van der Waals surface area contributed by atoms with Crippen LogP contribution in [0, 0.1) is 5.41 Å². The van der Waals surface area contributed by atoms with Gasteiger partial charge in [-0.25, -0.2) is 0 Å². The summed E-state index contributed by atoms with van der Waals surface area (Å²) in [5.74, 6) is 0.716. The molecule has 0 radical (unpaired) electrons. The van der Waals surface area contributed by atoms with Crippen LogP contribution in [-0.4, -0.2) is 78.4 Å². The van der Waals surface area contributed by atoms with Gasteiger partial charge >= 0.3 is 0 Å². The number of hydrogen-bond donors (Lipinski definition) is 0. The fraction of sp³-hybridized carbons (Fsp3) is 1.00. The van der Waals surface area contributed by atoms with E-state index in [1.807, 2.05) is 51.2 Å². The molecule has 9 heteroatoms. The number of ether oxygens (including phenoxy) is 7. The Kier molecular flexibility index (Phi) is 4.82. The second-order valence-corrected chi connectivity index (χ2v) is 11.3. The minimum atomic E-state index is -0.722. The normalized spacial score (nSPS) is 45.6. The zero-order chi connectivity index (χ0) is 18.9. The van der Waals surface area contributed by atoms with Crippen LogP contribution in [0.3, 0.4) is 0 Å². The second kappa shape index (κ2) is 6.72. The molecule has 0 bridgehead atoms. The number of thioether (sulfide) groups is 2. The highest BCUT2D eigenvalue weighted by Gasteiger charge is 2.62. The van der Waals surface area contributed by atoms with Gasteiger partial charge in [-0.2, -0.15) is 23.5 Å². The standard InChI is InChI=1S/C18H28O7S2/c1-16(2)22-10-11(23-16)13-15(25-17(3,4)24-13)21-12(10)14-19-5-18(6-20-14)7-26-9-27-8-18/h10-15H,5-9H2,1-4H3/t10-,11+,12+,13-,15-/m1/s1. The van der Waals surface area contributed by atoms with Crippen molar-refractivity contribution in [1.82, 2.24) is 0 Å². The first-order valence-electron chi connectivity index (χ1n) is 9.52. The second-order valence-electron chi connectivity index (χ2n) is 8.94. The van der Waals surface area contributed by atoms with Crippen molar-refractivity contribution in [1.29, 1.82) is 0 Å². The molecule has 0 aliphatic carbocycles. The molecule has 27 heavy (non-hydrogen) atoms. The third-order valence-electron chi connectivity index (χ3n) is 5.55. The molecule has 154 valence electrons. The van der Waals surface area contributed by atoms with Gasteiger partial charge in [0, 0.05) is 22.0 Å². The van der Waals surface area contributed by atoms with Gasteiger partial charge < -0.3 is 33.2 Å². The Bertz CT molecular complexity index is 570. The van der Waals surface area contributed by atoms with Gasteiger partial charge in [-0.3, -0.25) is 0 Å². The molecule has 5 rings (SSSR count). The maximum absolute atomic E-state index is 6.26. The van der Waals surface area contributed by atoms with E-state index in [1.54, 1.807) is 0 Å². The van der Waals surface area contributed by atoms with Crippen LogP contribution in [0.15, 0.2) is 0 Å². The van der Waals surface area contributed by atoms with E-state index in [2.05, 4.69) is 0 Å². The largest absolute Gasteiger partial charge is 0.349 e. The third kappa shape index (κ3) is 3.57. The molecule has 0 saturated carbocycles. The lowest BCUT2D eigenvalue weighted by Crippen LogP contribution is -2.61. The highest BCUT2D eigenvalue weighted by Crippen LogP contribution is 2.46. The summed E-state index contributed by atoms with van der Waals surface area (Å²) in [5.41, 5.74) is 0.0992. The van der Waals surface area contributed by atoms with Gasteiger partial charge in [0.15, 0.2) is 24.2 Å². The smallest absolute Gasteiger partial charge is 0.190 e. The van der Waals surface area contributed by atoms with Crippen LogP contribution in [0.2, 0.25) is 0 Å². The molecule has 5 aliphatic heterocycles. The Hall–Kier alpha value is 0.420. The topological polar surface area (TPSA) is 64.6 Å². The SMILES string of the molecule is CC1(C)O[C@H]2[C@@H](O1)[C@@H](C1OCC3(CO1)CSCSC3)O[C@@H]1OC(C)(C)O[C@@H]12. The highest BCUT2D eigenvalue weighted by atomic mass is 32.2. The fourth-order valence-corrected chi connectivity index (χ4v) is 7.11. The van der Waals surface area contributed by atoms with Crippen LogP contribution >= 0.6 is 23.5 Å². The van der Waals surface area contributed by atoms with Gasteiger partial charge in [-0.15, -0.1) is 0 Å². The average molecular weight is 421 g/mol. The summed E-state index contributed by atoms with van der Waals surface area (Å²) in [7, 11) is 0. The number of fused-ring (bicyclic) bond motifs is 3. The van der Waals surface area contributed by atoms with E-state index in [1.165, 1.54) is 0 Å².